The summed E-state index contributed by atoms with van der Waals surface area (Å²) >= 11 is 0. The Labute approximate surface area is 195 Å². The lowest BCUT2D eigenvalue weighted by Crippen LogP contribution is -2.32. The van der Waals surface area contributed by atoms with Crippen LogP contribution in [0, 0.1) is 23.7 Å². The van der Waals surface area contributed by atoms with Gasteiger partial charge < -0.3 is 24.4 Å². The molecule has 0 aliphatic carbocycles. The zero-order valence-electron chi connectivity index (χ0n) is 18.9. The van der Waals surface area contributed by atoms with Crippen molar-refractivity contribution in [2.75, 3.05) is 44.9 Å². The molecule has 1 unspecified atom stereocenters. The number of hydrogen-bond acceptors (Lipinski definition) is 6. The molecule has 172 valence electrons. The first kappa shape index (κ1) is 24.0. The van der Waals surface area contributed by atoms with E-state index in [0.717, 1.165) is 29.9 Å². The number of terminal acetylenes is 1. The number of nitrogens with one attached hydrogen (secondary N) is 1. The van der Waals surface area contributed by atoms with E-state index in [9.17, 15) is 4.79 Å². The second kappa shape index (κ2) is 12.4. The van der Waals surface area contributed by atoms with Crippen LogP contribution in [-0.4, -0.2) is 45.9 Å². The molecule has 1 aliphatic heterocycles. The molecule has 0 aromatic heterocycles. The fourth-order valence-corrected chi connectivity index (χ4v) is 3.81. The standard InChI is InChI=1S/C26H29N3O4/c1-3-17-33-25(21-7-9-22(10-8-21)29-15-4-5-16-29)26(30)28-14-12-20-6-11-23(32-18-13-27)24(19-20)31-2/h1,6-11,19,25H,4-5,12,14-18H2,2H3,(H,28,30). The van der Waals surface area contributed by atoms with Crippen molar-refractivity contribution in [2.45, 2.75) is 25.4 Å². The molecule has 1 heterocycles. The maximum absolute atomic E-state index is 12.9. The molecule has 33 heavy (non-hydrogen) atoms. The summed E-state index contributed by atoms with van der Waals surface area (Å²) in [5.74, 6) is 3.25. The molecule has 1 fully saturated rings. The van der Waals surface area contributed by atoms with Gasteiger partial charge in [-0.25, -0.2) is 0 Å². The van der Waals surface area contributed by atoms with Crippen molar-refractivity contribution in [2.24, 2.45) is 0 Å². The molecular weight excluding hydrogens is 418 g/mol. The first-order chi connectivity index (χ1) is 16.2. The Hall–Kier alpha value is -3.68. The molecule has 7 nitrogen and oxygen atoms in total. The van der Waals surface area contributed by atoms with Crippen molar-refractivity contribution in [1.82, 2.24) is 5.32 Å². The second-order valence-corrected chi connectivity index (χ2v) is 7.65. The van der Waals surface area contributed by atoms with Crippen LogP contribution in [0.2, 0.25) is 0 Å². The summed E-state index contributed by atoms with van der Waals surface area (Å²) in [5, 5.41) is 11.6. The molecule has 1 atom stereocenters. The zero-order chi connectivity index (χ0) is 23.5. The topological polar surface area (TPSA) is 83.8 Å². The zero-order valence-corrected chi connectivity index (χ0v) is 18.9. The van der Waals surface area contributed by atoms with Crippen molar-refractivity contribution in [1.29, 1.82) is 5.26 Å². The molecule has 1 aliphatic rings. The van der Waals surface area contributed by atoms with E-state index in [4.69, 9.17) is 25.9 Å². The summed E-state index contributed by atoms with van der Waals surface area (Å²) in [4.78, 5) is 15.2. The van der Waals surface area contributed by atoms with Gasteiger partial charge in [0.05, 0.1) is 7.11 Å². The Morgan fingerprint density at radius 2 is 1.91 bits per heavy atom. The van der Waals surface area contributed by atoms with E-state index in [1.807, 2.05) is 42.5 Å². The number of amides is 1. The Kier molecular flexibility index (Phi) is 8.99. The summed E-state index contributed by atoms with van der Waals surface area (Å²) < 4.78 is 16.3. The number of ether oxygens (including phenoxy) is 3. The smallest absolute Gasteiger partial charge is 0.253 e. The van der Waals surface area contributed by atoms with Gasteiger partial charge in [-0.05, 0) is 54.7 Å². The molecule has 0 bridgehead atoms. The maximum atomic E-state index is 12.9. The van der Waals surface area contributed by atoms with Gasteiger partial charge >= 0.3 is 0 Å². The van der Waals surface area contributed by atoms with E-state index in [1.54, 1.807) is 13.2 Å². The van der Waals surface area contributed by atoms with Crippen LogP contribution >= 0.6 is 0 Å². The third-order valence-electron chi connectivity index (χ3n) is 5.47. The molecule has 1 saturated heterocycles. The van der Waals surface area contributed by atoms with Crippen LogP contribution in [0.5, 0.6) is 11.5 Å². The van der Waals surface area contributed by atoms with Gasteiger partial charge in [0, 0.05) is 25.3 Å². The fourth-order valence-electron chi connectivity index (χ4n) is 3.81. The molecule has 0 radical (unpaired) electrons. The first-order valence-corrected chi connectivity index (χ1v) is 11.0. The Bertz CT molecular complexity index is 1000. The van der Waals surface area contributed by atoms with Crippen LogP contribution in [0.3, 0.4) is 0 Å². The van der Waals surface area contributed by atoms with E-state index in [0.29, 0.717) is 24.5 Å². The van der Waals surface area contributed by atoms with Gasteiger partial charge in [0.25, 0.3) is 5.91 Å². The Morgan fingerprint density at radius 1 is 1.15 bits per heavy atom. The minimum absolute atomic E-state index is 0.0489. The van der Waals surface area contributed by atoms with Crippen molar-refractivity contribution in [3.8, 4) is 29.9 Å². The molecule has 1 amide bonds. The maximum Gasteiger partial charge on any atom is 0.253 e. The summed E-state index contributed by atoms with van der Waals surface area (Å²) in [5.41, 5.74) is 2.89. The number of nitriles is 1. The highest BCUT2D eigenvalue weighted by molar-refractivity contribution is 5.82. The van der Waals surface area contributed by atoms with E-state index < -0.39 is 6.10 Å². The van der Waals surface area contributed by atoms with Crippen molar-refractivity contribution < 1.29 is 19.0 Å². The summed E-state index contributed by atoms with van der Waals surface area (Å²) in [6, 6.07) is 15.3. The van der Waals surface area contributed by atoms with Gasteiger partial charge in [0.2, 0.25) is 0 Å². The lowest BCUT2D eigenvalue weighted by Gasteiger charge is -2.20. The predicted molar refractivity (Wildman–Crippen MR) is 126 cm³/mol. The van der Waals surface area contributed by atoms with Crippen LogP contribution < -0.4 is 19.7 Å². The lowest BCUT2D eigenvalue weighted by molar-refractivity contribution is -0.132. The third kappa shape index (κ3) is 6.65. The first-order valence-electron chi connectivity index (χ1n) is 11.0. The molecular formula is C26H29N3O4. The summed E-state index contributed by atoms with van der Waals surface area (Å²) in [6.45, 7) is 2.54. The monoisotopic (exact) mass is 447 g/mol. The molecule has 1 N–H and O–H groups in total. The Morgan fingerprint density at radius 3 is 2.58 bits per heavy atom. The van der Waals surface area contributed by atoms with Crippen molar-refractivity contribution in [3.05, 3.63) is 53.6 Å². The van der Waals surface area contributed by atoms with Gasteiger partial charge in [-0.2, -0.15) is 5.26 Å². The van der Waals surface area contributed by atoms with E-state index >= 15 is 0 Å². The minimum Gasteiger partial charge on any atom is -0.493 e. The highest BCUT2D eigenvalue weighted by atomic mass is 16.5. The normalized spacial score (nSPS) is 13.6. The van der Waals surface area contributed by atoms with Gasteiger partial charge in [-0.3, -0.25) is 4.79 Å². The molecule has 0 spiro atoms. The molecule has 3 rings (SSSR count). The van der Waals surface area contributed by atoms with E-state index in [1.165, 1.54) is 12.8 Å². The highest BCUT2D eigenvalue weighted by Crippen LogP contribution is 2.28. The lowest BCUT2D eigenvalue weighted by atomic mass is 10.1. The number of benzene rings is 2. The quantitative estimate of drug-likeness (QED) is 0.533. The predicted octanol–water partition coefficient (Wildman–Crippen LogP) is 3.25. The van der Waals surface area contributed by atoms with Crippen LogP contribution in [0.1, 0.15) is 30.1 Å². The van der Waals surface area contributed by atoms with Gasteiger partial charge in [0.1, 0.15) is 12.7 Å². The number of carbonyl (C=O) groups is 1. The number of methoxy groups -OCH3 is 1. The second-order valence-electron chi connectivity index (χ2n) is 7.65. The summed E-state index contributed by atoms with van der Waals surface area (Å²) in [7, 11) is 1.54. The number of anilines is 1. The molecule has 2 aromatic carbocycles. The molecule has 7 heteroatoms. The largest absolute Gasteiger partial charge is 0.493 e. The van der Waals surface area contributed by atoms with Crippen LogP contribution in [0.4, 0.5) is 5.69 Å². The van der Waals surface area contributed by atoms with E-state index in [-0.39, 0.29) is 19.1 Å². The van der Waals surface area contributed by atoms with Crippen molar-refractivity contribution >= 4 is 11.6 Å². The Balaban J connectivity index is 1.60. The van der Waals surface area contributed by atoms with Crippen molar-refractivity contribution in [3.63, 3.8) is 0 Å². The number of hydrogen-bond donors (Lipinski definition) is 1. The third-order valence-corrected chi connectivity index (χ3v) is 5.47. The molecule has 0 saturated carbocycles. The fraction of sp³-hybridized carbons (Fsp3) is 0.385. The highest BCUT2D eigenvalue weighted by Gasteiger charge is 2.22. The molecule has 2 aromatic rings. The number of nitrogens with zero attached hydrogens (tertiary/aromatic N) is 2. The van der Waals surface area contributed by atoms with Crippen LogP contribution in [0.15, 0.2) is 42.5 Å². The average molecular weight is 448 g/mol. The van der Waals surface area contributed by atoms with Crippen LogP contribution in [0.25, 0.3) is 0 Å². The average Bonchev–Trinajstić information content (AvgIpc) is 3.39. The van der Waals surface area contributed by atoms with E-state index in [2.05, 4.69) is 16.1 Å². The van der Waals surface area contributed by atoms with Gasteiger partial charge in [-0.1, -0.05) is 24.1 Å². The number of carbonyl (C=O) groups excluding carboxylic acids is 1. The SMILES string of the molecule is C#CCOC(C(=O)NCCc1ccc(OCC#N)c(OC)c1)c1ccc(N2CCCC2)cc1. The van der Waals surface area contributed by atoms with Gasteiger partial charge in [-0.15, -0.1) is 6.42 Å². The summed E-state index contributed by atoms with van der Waals surface area (Å²) in [6.07, 6.45) is 7.59. The number of rotatable bonds is 11. The minimum atomic E-state index is -0.773. The van der Waals surface area contributed by atoms with Gasteiger partial charge in [0.15, 0.2) is 24.2 Å². The van der Waals surface area contributed by atoms with Crippen LogP contribution in [-0.2, 0) is 16.0 Å².